The Bertz CT molecular complexity index is 850. The summed E-state index contributed by atoms with van der Waals surface area (Å²) in [6.45, 7) is 5.95. The lowest BCUT2D eigenvalue weighted by molar-refractivity contribution is -0.907. The number of rotatable bonds is 6. The molecular formula is C23H29N4O2+. The second kappa shape index (κ2) is 8.25. The number of nitrogens with zero attached hydrogens (tertiary/aromatic N) is 2. The summed E-state index contributed by atoms with van der Waals surface area (Å²) in [5, 5.41) is 2.94. The van der Waals surface area contributed by atoms with E-state index < -0.39 is 5.54 Å². The van der Waals surface area contributed by atoms with Gasteiger partial charge in [-0.15, -0.1) is 0 Å². The quantitative estimate of drug-likeness (QED) is 0.728. The van der Waals surface area contributed by atoms with Crippen molar-refractivity contribution in [2.45, 2.75) is 25.3 Å². The Morgan fingerprint density at radius 3 is 2.24 bits per heavy atom. The zero-order chi connectivity index (χ0) is 20.3. The van der Waals surface area contributed by atoms with Crippen LogP contribution < -0.4 is 15.1 Å². The average Bonchev–Trinajstić information content (AvgIpc) is 2.97. The lowest BCUT2D eigenvalue weighted by Gasteiger charge is -2.34. The molecule has 2 aliphatic rings. The van der Waals surface area contributed by atoms with Crippen LogP contribution in [-0.2, 0) is 11.2 Å². The van der Waals surface area contributed by atoms with Crippen LogP contribution in [0.2, 0.25) is 0 Å². The van der Waals surface area contributed by atoms with Crippen molar-refractivity contribution in [1.29, 1.82) is 0 Å². The summed E-state index contributed by atoms with van der Waals surface area (Å²) in [7, 11) is 0. The molecule has 2 N–H and O–H groups in total. The summed E-state index contributed by atoms with van der Waals surface area (Å²) >= 11 is 0. The molecule has 4 rings (SSSR count). The molecule has 1 atom stereocenters. The number of urea groups is 1. The van der Waals surface area contributed by atoms with Crippen LogP contribution in [0.4, 0.5) is 10.5 Å². The van der Waals surface area contributed by atoms with Gasteiger partial charge in [0, 0.05) is 5.69 Å². The second-order valence-corrected chi connectivity index (χ2v) is 8.21. The van der Waals surface area contributed by atoms with Gasteiger partial charge in [-0.05, 0) is 37.5 Å². The maximum absolute atomic E-state index is 13.0. The first kappa shape index (κ1) is 19.5. The van der Waals surface area contributed by atoms with Gasteiger partial charge in [0.2, 0.25) is 0 Å². The zero-order valence-corrected chi connectivity index (χ0v) is 16.9. The summed E-state index contributed by atoms with van der Waals surface area (Å²) in [5.74, 6) is -0.101. The Balaban J connectivity index is 1.32. The summed E-state index contributed by atoms with van der Waals surface area (Å²) < 4.78 is 0. The third-order valence-electron chi connectivity index (χ3n) is 6.08. The molecule has 3 amide bonds. The maximum atomic E-state index is 13.0. The topological polar surface area (TPSA) is 57.1 Å². The fourth-order valence-corrected chi connectivity index (χ4v) is 4.20. The fraction of sp³-hybridized carbons (Fsp3) is 0.391. The van der Waals surface area contributed by atoms with Gasteiger partial charge in [-0.2, -0.15) is 0 Å². The van der Waals surface area contributed by atoms with Crippen molar-refractivity contribution in [2.75, 3.05) is 37.7 Å². The van der Waals surface area contributed by atoms with E-state index in [0.29, 0.717) is 13.1 Å². The monoisotopic (exact) mass is 393 g/mol. The minimum atomic E-state index is -0.821. The van der Waals surface area contributed by atoms with Crippen LogP contribution in [0.3, 0.4) is 0 Å². The number of hydrogen-bond acceptors (Lipinski definition) is 3. The largest absolute Gasteiger partial charge is 0.360 e. The lowest BCUT2D eigenvalue weighted by atomic mass is 9.93. The van der Waals surface area contributed by atoms with Crippen molar-refractivity contribution in [3.05, 3.63) is 66.2 Å². The standard InChI is InChI=1S/C23H28N4O2/c1-23(13-12-19-8-4-2-5-9-19)21(28)27(22(29)24-23)18-25-14-16-26(17-15-25)20-10-6-3-7-11-20/h2-11H,12-18H2,1H3,(H,24,29)/p+1/t23-/m0/s1. The number of imide groups is 1. The second-order valence-electron chi connectivity index (χ2n) is 8.21. The van der Waals surface area contributed by atoms with Gasteiger partial charge in [-0.3, -0.25) is 4.79 Å². The number of para-hydroxylation sites is 1. The van der Waals surface area contributed by atoms with Crippen LogP contribution in [0.25, 0.3) is 0 Å². The highest BCUT2D eigenvalue weighted by Gasteiger charge is 2.48. The smallest absolute Gasteiger partial charge is 0.329 e. The van der Waals surface area contributed by atoms with E-state index >= 15 is 0 Å². The number of nitrogens with one attached hydrogen (secondary N) is 2. The van der Waals surface area contributed by atoms with Gasteiger partial charge in [0.1, 0.15) is 5.54 Å². The molecule has 2 aromatic rings. The Morgan fingerprint density at radius 2 is 1.59 bits per heavy atom. The third-order valence-corrected chi connectivity index (χ3v) is 6.08. The minimum absolute atomic E-state index is 0.101. The van der Waals surface area contributed by atoms with E-state index in [0.717, 1.165) is 32.6 Å². The first-order chi connectivity index (χ1) is 14.0. The predicted molar refractivity (Wildman–Crippen MR) is 113 cm³/mol. The van der Waals surface area contributed by atoms with Gasteiger partial charge in [-0.1, -0.05) is 48.5 Å². The van der Waals surface area contributed by atoms with Crippen LogP contribution in [-0.4, -0.2) is 55.2 Å². The van der Waals surface area contributed by atoms with Gasteiger partial charge in [0.05, 0.1) is 26.2 Å². The van der Waals surface area contributed by atoms with E-state index in [-0.39, 0.29) is 11.9 Å². The summed E-state index contributed by atoms with van der Waals surface area (Å²) in [5.41, 5.74) is 1.59. The molecular weight excluding hydrogens is 364 g/mol. The number of piperazine rings is 1. The maximum Gasteiger partial charge on any atom is 0.329 e. The van der Waals surface area contributed by atoms with E-state index in [1.165, 1.54) is 21.1 Å². The molecule has 0 saturated carbocycles. The average molecular weight is 394 g/mol. The number of hydrogen-bond donors (Lipinski definition) is 2. The Kier molecular flexibility index (Phi) is 5.53. The number of aryl methyl sites for hydroxylation is 1. The molecule has 2 heterocycles. The number of carbonyl (C=O) groups excluding carboxylic acids is 2. The Morgan fingerprint density at radius 1 is 0.966 bits per heavy atom. The lowest BCUT2D eigenvalue weighted by Crippen LogP contribution is -3.16. The van der Waals surface area contributed by atoms with Crippen molar-refractivity contribution >= 4 is 17.6 Å². The van der Waals surface area contributed by atoms with Gasteiger partial charge in [-0.25, -0.2) is 9.69 Å². The third kappa shape index (κ3) is 4.27. The highest BCUT2D eigenvalue weighted by atomic mass is 16.2. The van der Waals surface area contributed by atoms with Crippen LogP contribution in [0.5, 0.6) is 0 Å². The summed E-state index contributed by atoms with van der Waals surface area (Å²) in [6.07, 6.45) is 1.37. The predicted octanol–water partition coefficient (Wildman–Crippen LogP) is 1.29. The van der Waals surface area contributed by atoms with Crippen LogP contribution in [0.1, 0.15) is 18.9 Å². The van der Waals surface area contributed by atoms with Crippen molar-refractivity contribution in [1.82, 2.24) is 10.2 Å². The van der Waals surface area contributed by atoms with Crippen LogP contribution >= 0.6 is 0 Å². The number of carbonyl (C=O) groups is 2. The van der Waals surface area contributed by atoms with Gasteiger partial charge < -0.3 is 15.1 Å². The Labute approximate surface area is 172 Å². The van der Waals surface area contributed by atoms with Crippen LogP contribution in [0, 0.1) is 0 Å². The highest BCUT2D eigenvalue weighted by Crippen LogP contribution is 2.22. The van der Waals surface area contributed by atoms with Crippen molar-refractivity contribution in [2.24, 2.45) is 0 Å². The molecule has 0 unspecified atom stereocenters. The minimum Gasteiger partial charge on any atom is -0.360 e. The number of benzene rings is 2. The number of amides is 3. The fourth-order valence-electron chi connectivity index (χ4n) is 4.20. The molecule has 2 aromatic carbocycles. The molecule has 152 valence electrons. The van der Waals surface area contributed by atoms with Crippen LogP contribution in [0.15, 0.2) is 60.7 Å². The first-order valence-electron chi connectivity index (χ1n) is 10.4. The van der Waals surface area contributed by atoms with E-state index in [1.807, 2.05) is 31.2 Å². The SMILES string of the molecule is C[C@@]1(CCc2ccccc2)NC(=O)N(C[NH+]2CCN(c3ccccc3)CC2)C1=O. The number of anilines is 1. The molecule has 0 spiro atoms. The van der Waals surface area contributed by atoms with Crippen molar-refractivity contribution in [3.8, 4) is 0 Å². The Hall–Kier alpha value is -2.86. The molecule has 29 heavy (non-hydrogen) atoms. The molecule has 6 heteroatoms. The molecule has 0 aliphatic carbocycles. The summed E-state index contributed by atoms with van der Waals surface area (Å²) in [6, 6.07) is 20.2. The molecule has 2 saturated heterocycles. The highest BCUT2D eigenvalue weighted by molar-refractivity contribution is 6.06. The molecule has 0 radical (unpaired) electrons. The molecule has 2 fully saturated rings. The van der Waals surface area contributed by atoms with Gasteiger partial charge in [0.15, 0.2) is 6.67 Å². The normalized spacial score (nSPS) is 22.8. The van der Waals surface area contributed by atoms with Gasteiger partial charge in [0.25, 0.3) is 5.91 Å². The van der Waals surface area contributed by atoms with E-state index in [9.17, 15) is 9.59 Å². The molecule has 2 aliphatic heterocycles. The molecule has 0 bridgehead atoms. The first-order valence-corrected chi connectivity index (χ1v) is 10.4. The molecule has 6 nitrogen and oxygen atoms in total. The number of quaternary nitrogens is 1. The van der Waals surface area contributed by atoms with E-state index in [2.05, 4.69) is 46.6 Å². The van der Waals surface area contributed by atoms with E-state index in [4.69, 9.17) is 0 Å². The zero-order valence-electron chi connectivity index (χ0n) is 16.9. The van der Waals surface area contributed by atoms with E-state index in [1.54, 1.807) is 0 Å². The van der Waals surface area contributed by atoms with Gasteiger partial charge >= 0.3 is 6.03 Å². The summed E-state index contributed by atoms with van der Waals surface area (Å²) in [4.78, 5) is 30.6. The van der Waals surface area contributed by atoms with Crippen molar-refractivity contribution in [3.63, 3.8) is 0 Å². The van der Waals surface area contributed by atoms with Crippen molar-refractivity contribution < 1.29 is 14.5 Å². The molecule has 0 aromatic heterocycles.